The molecule has 3 atom stereocenters. The Morgan fingerprint density at radius 1 is 0.944 bits per heavy atom. The van der Waals surface area contributed by atoms with Crippen LogP contribution in [0.1, 0.15) is 24.8 Å². The number of rotatable bonds is 15. The van der Waals surface area contributed by atoms with Crippen LogP contribution in [0.25, 0.3) is 0 Å². The van der Waals surface area contributed by atoms with E-state index in [9.17, 15) is 29.1 Å². The Hall–Kier alpha value is -4.40. The van der Waals surface area contributed by atoms with Crippen LogP contribution in [0.4, 0.5) is 0 Å². The van der Waals surface area contributed by atoms with Gasteiger partial charge in [-0.1, -0.05) is 12.1 Å². The molecule has 3 amide bonds. The predicted molar refractivity (Wildman–Crippen MR) is 126 cm³/mol. The number of carboxylic acid groups (broad SMARTS) is 2. The van der Waals surface area contributed by atoms with Crippen LogP contribution in [0.5, 0.6) is 5.75 Å². The zero-order valence-corrected chi connectivity index (χ0v) is 19.3. The van der Waals surface area contributed by atoms with Gasteiger partial charge in [0, 0.05) is 6.54 Å². The summed E-state index contributed by atoms with van der Waals surface area (Å²) in [4.78, 5) is 62.9. The van der Waals surface area contributed by atoms with Gasteiger partial charge in [0.1, 0.15) is 17.8 Å². The lowest BCUT2D eigenvalue weighted by molar-refractivity contribution is -0.147. The number of phenolic OH excluding ortho intramolecular Hbond substituents is 1. The molecule has 0 radical (unpaired) electrons. The van der Waals surface area contributed by atoms with Crippen molar-refractivity contribution in [3.8, 4) is 5.75 Å². The van der Waals surface area contributed by atoms with Crippen molar-refractivity contribution in [2.75, 3.05) is 13.1 Å². The number of carboxylic acids is 2. The number of phenols is 1. The molecule has 1 rings (SSSR count). The number of benzene rings is 1. The molecule has 0 heterocycles. The Kier molecular flexibility index (Phi) is 12.2. The van der Waals surface area contributed by atoms with Gasteiger partial charge < -0.3 is 48.5 Å². The molecular weight excluding hydrogens is 478 g/mol. The van der Waals surface area contributed by atoms with E-state index in [2.05, 4.69) is 15.6 Å². The standard InChI is InChI=1S/C21H31N7O8/c22-13(8-11-3-5-12(29)6-4-11)18(33)28-14(2-1-7-25-21(23)24)19(34)26-10-16(30)27-15(20(35)36)9-17(31)32/h3-6,13-15,29H,1-2,7-10,22H2,(H,26,34)(H,27,30)(H,28,33)(H,31,32)(H,35,36)(H4,23,24,25). The van der Waals surface area contributed by atoms with Crippen molar-refractivity contribution in [1.82, 2.24) is 16.0 Å². The van der Waals surface area contributed by atoms with Gasteiger partial charge in [0.15, 0.2) is 5.96 Å². The Morgan fingerprint density at radius 2 is 1.58 bits per heavy atom. The van der Waals surface area contributed by atoms with Crippen LogP contribution in [-0.2, 0) is 30.4 Å². The molecule has 1 aromatic carbocycles. The lowest BCUT2D eigenvalue weighted by atomic mass is 10.0. The van der Waals surface area contributed by atoms with Crippen molar-refractivity contribution >= 4 is 35.6 Å². The van der Waals surface area contributed by atoms with E-state index in [1.54, 1.807) is 12.1 Å². The second-order valence-corrected chi connectivity index (χ2v) is 7.76. The minimum Gasteiger partial charge on any atom is -0.508 e. The molecule has 15 heteroatoms. The first kappa shape index (κ1) is 29.6. The number of carbonyl (C=O) groups is 5. The van der Waals surface area contributed by atoms with Gasteiger partial charge in [-0.15, -0.1) is 0 Å². The summed E-state index contributed by atoms with van der Waals surface area (Å²) in [6, 6.07) is 2.23. The maximum Gasteiger partial charge on any atom is 0.326 e. The normalized spacial score (nSPS) is 12.9. The van der Waals surface area contributed by atoms with Crippen LogP contribution in [0, 0.1) is 0 Å². The van der Waals surface area contributed by atoms with Crippen LogP contribution in [0.2, 0.25) is 0 Å². The number of aromatic hydroxyl groups is 1. The van der Waals surface area contributed by atoms with Crippen molar-refractivity contribution in [2.24, 2.45) is 22.2 Å². The summed E-state index contributed by atoms with van der Waals surface area (Å²) >= 11 is 0. The maximum atomic E-state index is 12.7. The van der Waals surface area contributed by atoms with Crippen molar-refractivity contribution in [3.63, 3.8) is 0 Å². The molecule has 0 saturated heterocycles. The van der Waals surface area contributed by atoms with Gasteiger partial charge in [-0.3, -0.25) is 24.2 Å². The van der Waals surface area contributed by atoms with Crippen LogP contribution in [0.3, 0.4) is 0 Å². The number of guanidine groups is 1. The molecule has 12 N–H and O–H groups in total. The number of amides is 3. The number of hydrogen-bond acceptors (Lipinski definition) is 8. The molecule has 0 spiro atoms. The van der Waals surface area contributed by atoms with Gasteiger partial charge in [0.25, 0.3) is 0 Å². The number of nitrogens with zero attached hydrogens (tertiary/aromatic N) is 1. The Bertz CT molecular complexity index is 964. The lowest BCUT2D eigenvalue weighted by Crippen LogP contribution is -2.54. The first-order chi connectivity index (χ1) is 16.9. The molecule has 198 valence electrons. The van der Waals surface area contributed by atoms with E-state index >= 15 is 0 Å². The smallest absolute Gasteiger partial charge is 0.326 e. The quantitative estimate of drug-likeness (QED) is 0.0651. The third-order valence-corrected chi connectivity index (χ3v) is 4.74. The summed E-state index contributed by atoms with van der Waals surface area (Å²) in [7, 11) is 0. The topological polar surface area (TPSA) is 273 Å². The van der Waals surface area contributed by atoms with E-state index in [1.165, 1.54) is 12.1 Å². The summed E-state index contributed by atoms with van der Waals surface area (Å²) in [5.41, 5.74) is 17.2. The summed E-state index contributed by atoms with van der Waals surface area (Å²) in [5, 5.41) is 33.9. The lowest BCUT2D eigenvalue weighted by Gasteiger charge is -2.21. The molecule has 0 aliphatic carbocycles. The van der Waals surface area contributed by atoms with E-state index in [0.29, 0.717) is 5.56 Å². The third-order valence-electron chi connectivity index (χ3n) is 4.74. The minimum atomic E-state index is -1.68. The Morgan fingerprint density at radius 3 is 2.14 bits per heavy atom. The van der Waals surface area contributed by atoms with E-state index in [1.807, 2.05) is 5.32 Å². The SMILES string of the molecule is NC(N)=NCCCC(NC(=O)C(N)Cc1ccc(O)cc1)C(=O)NCC(=O)NC(CC(=O)O)C(=O)O. The molecule has 0 aliphatic rings. The molecular formula is C21H31N7O8. The van der Waals surface area contributed by atoms with Crippen molar-refractivity contribution < 1.29 is 39.3 Å². The zero-order valence-electron chi connectivity index (χ0n) is 19.3. The van der Waals surface area contributed by atoms with Gasteiger partial charge in [0.2, 0.25) is 17.7 Å². The molecule has 36 heavy (non-hydrogen) atoms. The van der Waals surface area contributed by atoms with Gasteiger partial charge >= 0.3 is 11.9 Å². The molecule has 3 unspecified atom stereocenters. The number of carbonyl (C=O) groups excluding carboxylic acids is 3. The number of nitrogens with one attached hydrogen (secondary N) is 3. The summed E-state index contributed by atoms with van der Waals surface area (Å²) < 4.78 is 0. The zero-order chi connectivity index (χ0) is 27.3. The van der Waals surface area contributed by atoms with Gasteiger partial charge in [0.05, 0.1) is 19.0 Å². The molecule has 0 saturated carbocycles. The van der Waals surface area contributed by atoms with E-state index < -0.39 is 60.8 Å². The van der Waals surface area contributed by atoms with Crippen molar-refractivity contribution in [1.29, 1.82) is 0 Å². The molecule has 1 aromatic rings. The molecule has 0 bridgehead atoms. The first-order valence-electron chi connectivity index (χ1n) is 10.8. The highest BCUT2D eigenvalue weighted by molar-refractivity contribution is 5.93. The second-order valence-electron chi connectivity index (χ2n) is 7.76. The fourth-order valence-electron chi connectivity index (χ4n) is 2.94. The third kappa shape index (κ3) is 11.6. The Balaban J connectivity index is 2.76. The second kappa shape index (κ2) is 14.8. The molecule has 0 aliphatic heterocycles. The average Bonchev–Trinajstić information content (AvgIpc) is 2.79. The summed E-state index contributed by atoms with van der Waals surface area (Å²) in [5.74, 6) is -5.43. The van der Waals surface area contributed by atoms with Crippen molar-refractivity contribution in [3.05, 3.63) is 29.8 Å². The Labute approximate surface area is 206 Å². The van der Waals surface area contributed by atoms with Gasteiger partial charge in [-0.05, 0) is 37.0 Å². The highest BCUT2D eigenvalue weighted by Gasteiger charge is 2.26. The van der Waals surface area contributed by atoms with Crippen LogP contribution >= 0.6 is 0 Å². The fourth-order valence-corrected chi connectivity index (χ4v) is 2.94. The average molecular weight is 510 g/mol. The van der Waals surface area contributed by atoms with E-state index in [-0.39, 0.29) is 37.5 Å². The van der Waals surface area contributed by atoms with Gasteiger partial charge in [-0.25, -0.2) is 4.79 Å². The highest BCUT2D eigenvalue weighted by Crippen LogP contribution is 2.11. The van der Waals surface area contributed by atoms with Crippen LogP contribution in [-0.4, -0.2) is 82.2 Å². The minimum absolute atomic E-state index is 0.0518. The number of aliphatic imine (C=N–C) groups is 1. The largest absolute Gasteiger partial charge is 0.508 e. The van der Waals surface area contributed by atoms with E-state index in [0.717, 1.165) is 0 Å². The fraction of sp³-hybridized carbons (Fsp3) is 0.429. The number of hydrogen-bond donors (Lipinski definition) is 9. The first-order valence-corrected chi connectivity index (χ1v) is 10.8. The number of aliphatic carboxylic acids is 2. The molecule has 15 nitrogen and oxygen atoms in total. The highest BCUT2D eigenvalue weighted by atomic mass is 16.4. The monoisotopic (exact) mass is 509 g/mol. The number of nitrogens with two attached hydrogens (primary N) is 3. The molecule has 0 fully saturated rings. The summed E-state index contributed by atoms with van der Waals surface area (Å²) in [6.07, 6.45) is -0.359. The van der Waals surface area contributed by atoms with E-state index in [4.69, 9.17) is 27.4 Å². The maximum absolute atomic E-state index is 12.7. The molecule has 0 aromatic heterocycles. The van der Waals surface area contributed by atoms with Gasteiger partial charge in [-0.2, -0.15) is 0 Å². The predicted octanol–water partition coefficient (Wildman–Crippen LogP) is -3.04. The van der Waals surface area contributed by atoms with Crippen LogP contribution < -0.4 is 33.2 Å². The van der Waals surface area contributed by atoms with Crippen molar-refractivity contribution in [2.45, 2.75) is 43.8 Å². The summed E-state index contributed by atoms with van der Waals surface area (Å²) in [6.45, 7) is -0.500. The van der Waals surface area contributed by atoms with Crippen LogP contribution in [0.15, 0.2) is 29.3 Å².